The Morgan fingerprint density at radius 2 is 1.47 bits per heavy atom. The maximum atomic E-state index is 16.3. The third kappa shape index (κ3) is 4.41. The molecule has 2 heterocycles. The van der Waals surface area contributed by atoms with Crippen LogP contribution in [-0.2, 0) is 30.3 Å². The number of rotatable bonds is 6. The van der Waals surface area contributed by atoms with Crippen molar-refractivity contribution in [3.8, 4) is 0 Å². The maximum absolute atomic E-state index is 16.3. The summed E-state index contributed by atoms with van der Waals surface area (Å²) in [6.07, 6.45) is 2.16. The molecule has 0 N–H and O–H groups in total. The van der Waals surface area contributed by atoms with Gasteiger partial charge in [0.1, 0.15) is 18.3 Å². The fraction of sp³-hybridized carbons (Fsp3) is 0.600. The first-order chi connectivity index (χ1) is 17.6. The molecule has 0 radical (unpaired) electrons. The molecule has 4 bridgehead atoms. The van der Waals surface area contributed by atoms with E-state index in [4.69, 9.17) is 23.7 Å². The van der Waals surface area contributed by atoms with Crippen LogP contribution in [0, 0.1) is 17.8 Å². The van der Waals surface area contributed by atoms with Crippen molar-refractivity contribution in [1.29, 1.82) is 0 Å². The molecule has 2 aromatic rings. The van der Waals surface area contributed by atoms with Crippen molar-refractivity contribution in [3.05, 3.63) is 71.8 Å². The summed E-state index contributed by atoms with van der Waals surface area (Å²) in [5.74, 6) is 2.18. The minimum absolute atomic E-state index is 0.219. The molecule has 0 amide bonds. The Morgan fingerprint density at radius 1 is 0.833 bits per heavy atom. The highest BCUT2D eigenvalue weighted by Crippen LogP contribution is 2.58. The zero-order chi connectivity index (χ0) is 24.1. The van der Waals surface area contributed by atoms with Gasteiger partial charge in [0.2, 0.25) is 0 Å². The van der Waals surface area contributed by atoms with Gasteiger partial charge in [-0.3, -0.25) is 0 Å². The van der Waals surface area contributed by atoms with Gasteiger partial charge in [-0.1, -0.05) is 60.7 Å². The average molecular weight is 495 g/mol. The van der Waals surface area contributed by atoms with Gasteiger partial charge in [-0.15, -0.1) is 0 Å². The average Bonchev–Trinajstić information content (AvgIpc) is 2.88. The van der Waals surface area contributed by atoms with Crippen molar-refractivity contribution in [3.63, 3.8) is 0 Å². The van der Waals surface area contributed by atoms with E-state index in [1.165, 1.54) is 19.3 Å². The summed E-state index contributed by atoms with van der Waals surface area (Å²) in [6, 6.07) is 19.6. The van der Waals surface area contributed by atoms with Crippen LogP contribution in [0.15, 0.2) is 60.7 Å². The second-order valence-corrected chi connectivity index (χ2v) is 11.6. The maximum Gasteiger partial charge on any atom is 0.187 e. The van der Waals surface area contributed by atoms with E-state index in [2.05, 4.69) is 0 Å². The molecule has 2 saturated heterocycles. The Labute approximate surface area is 212 Å². The lowest BCUT2D eigenvalue weighted by molar-refractivity contribution is -0.379. The van der Waals surface area contributed by atoms with Crippen LogP contribution < -0.4 is 0 Å². The molecule has 0 unspecified atom stereocenters. The molecule has 4 aliphatic carbocycles. The Morgan fingerprint density at radius 3 is 2.14 bits per heavy atom. The minimum atomic E-state index is -1.39. The van der Waals surface area contributed by atoms with Gasteiger partial charge < -0.3 is 23.7 Å². The number of halogens is 1. The Bertz CT molecular complexity index is 997. The predicted octanol–water partition coefficient (Wildman–Crippen LogP) is 5.73. The number of benzene rings is 2. The first-order valence-corrected chi connectivity index (χ1v) is 13.6. The first kappa shape index (κ1) is 23.3. The van der Waals surface area contributed by atoms with Gasteiger partial charge in [0.25, 0.3) is 0 Å². The molecule has 6 atom stereocenters. The molecule has 36 heavy (non-hydrogen) atoms. The summed E-state index contributed by atoms with van der Waals surface area (Å²) in [6.45, 7) is 0.558. The quantitative estimate of drug-likeness (QED) is 0.513. The summed E-state index contributed by atoms with van der Waals surface area (Å²) < 4.78 is 48.0. The Hall–Kier alpha value is -1.83. The number of hydrogen-bond acceptors (Lipinski definition) is 5. The fourth-order valence-corrected chi connectivity index (χ4v) is 7.77. The lowest BCUT2D eigenvalue weighted by Crippen LogP contribution is -2.64. The summed E-state index contributed by atoms with van der Waals surface area (Å²) >= 11 is 0. The molecule has 0 aromatic heterocycles. The topological polar surface area (TPSA) is 46.2 Å². The molecule has 0 spiro atoms. The van der Waals surface area contributed by atoms with Crippen molar-refractivity contribution in [2.45, 2.75) is 87.8 Å². The van der Waals surface area contributed by atoms with E-state index >= 15 is 4.39 Å². The molecule has 6 aliphatic rings. The number of ether oxygens (including phenoxy) is 5. The molecule has 6 heteroatoms. The fourth-order valence-electron chi connectivity index (χ4n) is 7.77. The first-order valence-electron chi connectivity index (χ1n) is 13.6. The van der Waals surface area contributed by atoms with Gasteiger partial charge in [0.05, 0.1) is 18.8 Å². The van der Waals surface area contributed by atoms with Gasteiger partial charge in [-0.05, 0) is 61.8 Å². The Kier molecular flexibility index (Phi) is 6.14. The molecule has 5 nitrogen and oxygen atoms in total. The lowest BCUT2D eigenvalue weighted by atomic mass is 9.54. The van der Waals surface area contributed by atoms with Gasteiger partial charge in [-0.25, -0.2) is 4.39 Å². The number of fused-ring (bicyclic) bond motifs is 1. The highest BCUT2D eigenvalue weighted by atomic mass is 19.1. The van der Waals surface area contributed by atoms with Crippen LogP contribution in [0.25, 0.3) is 0 Å². The Balaban J connectivity index is 1.12. The summed E-state index contributed by atoms with van der Waals surface area (Å²) in [5.41, 5.74) is 1.65. The van der Waals surface area contributed by atoms with E-state index in [1.807, 2.05) is 60.7 Å². The van der Waals surface area contributed by atoms with Crippen molar-refractivity contribution in [1.82, 2.24) is 0 Å². The van der Waals surface area contributed by atoms with Gasteiger partial charge in [-0.2, -0.15) is 0 Å². The van der Waals surface area contributed by atoms with E-state index in [0.717, 1.165) is 48.1 Å². The van der Waals surface area contributed by atoms with E-state index in [-0.39, 0.29) is 12.2 Å². The third-order valence-electron chi connectivity index (χ3n) is 8.97. The van der Waals surface area contributed by atoms with Crippen molar-refractivity contribution in [2.24, 2.45) is 17.8 Å². The van der Waals surface area contributed by atoms with Gasteiger partial charge in [0.15, 0.2) is 18.8 Å². The second kappa shape index (κ2) is 9.48. The van der Waals surface area contributed by atoms with Gasteiger partial charge >= 0.3 is 0 Å². The molecule has 2 aliphatic heterocycles. The normalized spacial score (nSPS) is 43.3. The molecule has 8 rings (SSSR count). The van der Waals surface area contributed by atoms with Crippen molar-refractivity contribution in [2.75, 3.05) is 6.61 Å². The van der Waals surface area contributed by atoms with Crippen LogP contribution in [0.4, 0.5) is 4.39 Å². The van der Waals surface area contributed by atoms with Crippen LogP contribution in [0.5, 0.6) is 0 Å². The van der Waals surface area contributed by atoms with E-state index in [0.29, 0.717) is 6.61 Å². The highest BCUT2D eigenvalue weighted by molar-refractivity contribution is 5.17. The van der Waals surface area contributed by atoms with Crippen molar-refractivity contribution >= 4 is 0 Å². The van der Waals surface area contributed by atoms with E-state index in [1.54, 1.807) is 0 Å². The summed E-state index contributed by atoms with van der Waals surface area (Å²) in [4.78, 5) is 0. The van der Waals surface area contributed by atoms with Crippen LogP contribution in [0.1, 0.15) is 55.9 Å². The molecule has 2 aromatic carbocycles. The standard InChI is InChI=1S/C30H35FO5/c31-25-26-24(18-33-28(35-26)23-9-5-2-6-10-23)34-29(27(25)32-17-19-7-3-1-4-8-19)36-30-14-20-11-21(15-30)13-22(12-20)16-30/h1-10,20-22,24-29H,11-18H2/t20?,21?,22?,24-,25+,26-,27-,28-,29+,30?/m1/s1. The van der Waals surface area contributed by atoms with Crippen LogP contribution in [0.2, 0.25) is 0 Å². The van der Waals surface area contributed by atoms with Crippen LogP contribution in [-0.4, -0.2) is 43.0 Å². The SMILES string of the molecule is F[C@@H]1[C@@H](OCc2ccccc2)[C@H](OC23CC4CC(CC(C4)C2)C3)O[C@@H]2CO[C@@H](c3ccccc3)O[C@@H]12. The third-order valence-corrected chi connectivity index (χ3v) is 8.97. The summed E-state index contributed by atoms with van der Waals surface area (Å²) in [5, 5.41) is 0. The monoisotopic (exact) mass is 494 g/mol. The van der Waals surface area contributed by atoms with E-state index in [9.17, 15) is 0 Å². The molecule has 4 saturated carbocycles. The van der Waals surface area contributed by atoms with Gasteiger partial charge in [0, 0.05) is 5.56 Å². The molecule has 192 valence electrons. The lowest BCUT2D eigenvalue weighted by Gasteiger charge is -2.58. The number of hydrogen-bond donors (Lipinski definition) is 0. The molecule has 6 fully saturated rings. The van der Waals surface area contributed by atoms with Crippen molar-refractivity contribution < 1.29 is 28.1 Å². The predicted molar refractivity (Wildman–Crippen MR) is 131 cm³/mol. The molecular formula is C30H35FO5. The largest absolute Gasteiger partial charge is 0.365 e. The summed E-state index contributed by atoms with van der Waals surface area (Å²) in [7, 11) is 0. The van der Waals surface area contributed by atoms with Crippen LogP contribution in [0.3, 0.4) is 0 Å². The van der Waals surface area contributed by atoms with E-state index < -0.39 is 37.1 Å². The minimum Gasteiger partial charge on any atom is -0.365 e. The number of alkyl halides is 1. The smallest absolute Gasteiger partial charge is 0.187 e. The highest BCUT2D eigenvalue weighted by Gasteiger charge is 2.57. The second-order valence-electron chi connectivity index (χ2n) is 11.6. The zero-order valence-corrected chi connectivity index (χ0v) is 20.5. The molecular weight excluding hydrogens is 459 g/mol. The zero-order valence-electron chi connectivity index (χ0n) is 20.5. The van der Waals surface area contributed by atoms with Crippen LogP contribution >= 0.6 is 0 Å².